The summed E-state index contributed by atoms with van der Waals surface area (Å²) in [6.07, 6.45) is 1.79. The van der Waals surface area contributed by atoms with E-state index in [2.05, 4.69) is 0 Å². The lowest BCUT2D eigenvalue weighted by atomic mass is 10.0. The van der Waals surface area contributed by atoms with Crippen LogP contribution in [0.5, 0.6) is 0 Å². The van der Waals surface area contributed by atoms with Crippen molar-refractivity contribution in [2.24, 2.45) is 5.92 Å². The molecule has 0 spiro atoms. The highest BCUT2D eigenvalue weighted by Crippen LogP contribution is 2.17. The molecule has 0 radical (unpaired) electrons. The molecule has 0 aromatic carbocycles. The Morgan fingerprint density at radius 2 is 1.75 bits per heavy atom. The number of carbonyl (C=O) groups is 2. The van der Waals surface area contributed by atoms with Crippen LogP contribution in [0.1, 0.15) is 33.6 Å². The first-order valence-electron chi connectivity index (χ1n) is 5.95. The SMILES string of the molecule is CC(=O)N1CCC(N(C)C(=O)C(C)C)CC1. The molecule has 0 saturated carbocycles. The predicted molar refractivity (Wildman–Crippen MR) is 62.9 cm³/mol. The van der Waals surface area contributed by atoms with E-state index < -0.39 is 0 Å². The Kier molecular flexibility index (Phi) is 4.33. The van der Waals surface area contributed by atoms with Gasteiger partial charge in [-0.25, -0.2) is 0 Å². The molecule has 1 fully saturated rings. The number of hydrogen-bond acceptors (Lipinski definition) is 2. The summed E-state index contributed by atoms with van der Waals surface area (Å²) in [6, 6.07) is 0.297. The summed E-state index contributed by atoms with van der Waals surface area (Å²) in [6.45, 7) is 6.99. The summed E-state index contributed by atoms with van der Waals surface area (Å²) in [5, 5.41) is 0. The van der Waals surface area contributed by atoms with Crippen LogP contribution in [-0.4, -0.2) is 47.8 Å². The molecule has 4 heteroatoms. The standard InChI is InChI=1S/C12H22N2O2/c1-9(2)12(16)13(4)11-5-7-14(8-6-11)10(3)15/h9,11H,5-8H2,1-4H3. The van der Waals surface area contributed by atoms with E-state index in [0.717, 1.165) is 25.9 Å². The van der Waals surface area contributed by atoms with Crippen molar-refractivity contribution in [3.8, 4) is 0 Å². The minimum atomic E-state index is 0.0517. The highest BCUT2D eigenvalue weighted by atomic mass is 16.2. The van der Waals surface area contributed by atoms with Gasteiger partial charge in [-0.15, -0.1) is 0 Å². The largest absolute Gasteiger partial charge is 0.343 e. The summed E-state index contributed by atoms with van der Waals surface area (Å²) in [5.41, 5.74) is 0. The maximum absolute atomic E-state index is 11.8. The fourth-order valence-corrected chi connectivity index (χ4v) is 2.16. The van der Waals surface area contributed by atoms with E-state index in [1.165, 1.54) is 0 Å². The van der Waals surface area contributed by atoms with E-state index in [0.29, 0.717) is 6.04 Å². The van der Waals surface area contributed by atoms with Gasteiger partial charge in [-0.1, -0.05) is 13.8 Å². The number of likely N-dealkylation sites (tertiary alicyclic amines) is 1. The van der Waals surface area contributed by atoms with Gasteiger partial charge >= 0.3 is 0 Å². The Morgan fingerprint density at radius 3 is 2.12 bits per heavy atom. The Labute approximate surface area is 97.6 Å². The van der Waals surface area contributed by atoms with E-state index in [1.807, 2.05) is 30.7 Å². The maximum Gasteiger partial charge on any atom is 0.225 e. The van der Waals surface area contributed by atoms with Gasteiger partial charge in [0.2, 0.25) is 11.8 Å². The number of hydrogen-bond donors (Lipinski definition) is 0. The summed E-state index contributed by atoms with van der Waals surface area (Å²) < 4.78 is 0. The van der Waals surface area contributed by atoms with Crippen molar-refractivity contribution in [3.63, 3.8) is 0 Å². The third-order valence-electron chi connectivity index (χ3n) is 3.30. The van der Waals surface area contributed by atoms with Gasteiger partial charge in [0.1, 0.15) is 0 Å². The van der Waals surface area contributed by atoms with Crippen LogP contribution in [0.2, 0.25) is 0 Å². The normalized spacial score (nSPS) is 17.7. The van der Waals surface area contributed by atoms with Crippen LogP contribution in [0.4, 0.5) is 0 Å². The molecule has 16 heavy (non-hydrogen) atoms. The molecule has 1 aliphatic rings. The second-order valence-corrected chi connectivity index (χ2v) is 4.84. The second kappa shape index (κ2) is 5.32. The number of amides is 2. The molecule has 2 amide bonds. The van der Waals surface area contributed by atoms with E-state index in [9.17, 15) is 9.59 Å². The molecule has 1 rings (SSSR count). The Hall–Kier alpha value is -1.06. The van der Waals surface area contributed by atoms with Crippen molar-refractivity contribution in [1.29, 1.82) is 0 Å². The number of rotatable bonds is 2. The molecule has 0 N–H and O–H groups in total. The topological polar surface area (TPSA) is 40.6 Å². The zero-order valence-electron chi connectivity index (χ0n) is 10.7. The first kappa shape index (κ1) is 13.0. The maximum atomic E-state index is 11.8. The second-order valence-electron chi connectivity index (χ2n) is 4.84. The highest BCUT2D eigenvalue weighted by molar-refractivity contribution is 5.78. The van der Waals surface area contributed by atoms with E-state index >= 15 is 0 Å². The van der Waals surface area contributed by atoms with Crippen molar-refractivity contribution in [2.45, 2.75) is 39.7 Å². The van der Waals surface area contributed by atoms with E-state index in [-0.39, 0.29) is 17.7 Å². The third-order valence-corrected chi connectivity index (χ3v) is 3.30. The van der Waals surface area contributed by atoms with Crippen LogP contribution >= 0.6 is 0 Å². The molecule has 0 unspecified atom stereocenters. The van der Waals surface area contributed by atoms with Crippen LogP contribution in [0.15, 0.2) is 0 Å². The Morgan fingerprint density at radius 1 is 1.25 bits per heavy atom. The van der Waals surface area contributed by atoms with Crippen LogP contribution in [0, 0.1) is 5.92 Å². The minimum Gasteiger partial charge on any atom is -0.343 e. The van der Waals surface area contributed by atoms with Gasteiger partial charge in [0, 0.05) is 39.0 Å². The van der Waals surface area contributed by atoms with Crippen LogP contribution in [-0.2, 0) is 9.59 Å². The van der Waals surface area contributed by atoms with Gasteiger partial charge in [-0.3, -0.25) is 9.59 Å². The van der Waals surface area contributed by atoms with Crippen molar-refractivity contribution in [1.82, 2.24) is 9.80 Å². The van der Waals surface area contributed by atoms with Gasteiger partial charge in [0.25, 0.3) is 0 Å². The lowest BCUT2D eigenvalue weighted by Gasteiger charge is -2.37. The molecule has 92 valence electrons. The van der Waals surface area contributed by atoms with Gasteiger partial charge in [-0.05, 0) is 12.8 Å². The predicted octanol–water partition coefficient (Wildman–Crippen LogP) is 1.11. The molecule has 4 nitrogen and oxygen atoms in total. The molecule has 0 atom stereocenters. The molecule has 0 aliphatic carbocycles. The zero-order chi connectivity index (χ0) is 12.3. The zero-order valence-corrected chi connectivity index (χ0v) is 10.7. The van der Waals surface area contributed by atoms with Crippen molar-refractivity contribution < 1.29 is 9.59 Å². The van der Waals surface area contributed by atoms with Crippen LogP contribution in [0.25, 0.3) is 0 Å². The molecule has 0 bridgehead atoms. The molecule has 1 heterocycles. The Bertz CT molecular complexity index is 268. The molecule has 1 saturated heterocycles. The smallest absolute Gasteiger partial charge is 0.225 e. The fourth-order valence-electron chi connectivity index (χ4n) is 2.16. The fraction of sp³-hybridized carbons (Fsp3) is 0.833. The van der Waals surface area contributed by atoms with Gasteiger partial charge in [-0.2, -0.15) is 0 Å². The average Bonchev–Trinajstić information content (AvgIpc) is 2.27. The first-order chi connectivity index (χ1) is 7.43. The lowest BCUT2D eigenvalue weighted by molar-refractivity contribution is -0.137. The quantitative estimate of drug-likeness (QED) is 0.707. The monoisotopic (exact) mass is 226 g/mol. The summed E-state index contributed by atoms with van der Waals surface area (Å²) in [5.74, 6) is 0.383. The van der Waals surface area contributed by atoms with Gasteiger partial charge in [0.15, 0.2) is 0 Å². The lowest BCUT2D eigenvalue weighted by Crippen LogP contribution is -2.47. The number of carbonyl (C=O) groups excluding carboxylic acids is 2. The average molecular weight is 226 g/mol. The van der Waals surface area contributed by atoms with Crippen LogP contribution in [0.3, 0.4) is 0 Å². The number of nitrogens with zero attached hydrogens (tertiary/aromatic N) is 2. The molecule has 0 aromatic rings. The summed E-state index contributed by atoms with van der Waals surface area (Å²) >= 11 is 0. The van der Waals surface area contributed by atoms with E-state index in [1.54, 1.807) is 6.92 Å². The van der Waals surface area contributed by atoms with Gasteiger partial charge in [0.05, 0.1) is 0 Å². The van der Waals surface area contributed by atoms with Crippen molar-refractivity contribution >= 4 is 11.8 Å². The summed E-state index contributed by atoms with van der Waals surface area (Å²) in [7, 11) is 1.87. The molecule has 1 aliphatic heterocycles. The highest BCUT2D eigenvalue weighted by Gasteiger charge is 2.26. The van der Waals surface area contributed by atoms with Crippen LogP contribution < -0.4 is 0 Å². The van der Waals surface area contributed by atoms with Crippen molar-refractivity contribution in [3.05, 3.63) is 0 Å². The summed E-state index contributed by atoms with van der Waals surface area (Å²) in [4.78, 5) is 26.7. The Balaban J connectivity index is 2.47. The van der Waals surface area contributed by atoms with Crippen molar-refractivity contribution in [2.75, 3.05) is 20.1 Å². The third kappa shape index (κ3) is 2.97. The molecule has 0 aromatic heterocycles. The molecular formula is C12H22N2O2. The minimum absolute atomic E-state index is 0.0517. The van der Waals surface area contributed by atoms with Gasteiger partial charge < -0.3 is 9.80 Å². The first-order valence-corrected chi connectivity index (χ1v) is 5.95. The molecular weight excluding hydrogens is 204 g/mol. The number of piperidine rings is 1. The van der Waals surface area contributed by atoms with E-state index in [4.69, 9.17) is 0 Å².